The Morgan fingerprint density at radius 1 is 1.19 bits per heavy atom. The summed E-state index contributed by atoms with van der Waals surface area (Å²) in [5.74, 6) is -3.17. The smallest absolute Gasteiger partial charge is 0.406 e. The van der Waals surface area contributed by atoms with E-state index in [1.165, 1.54) is 24.3 Å². The third-order valence-electron chi connectivity index (χ3n) is 7.06. The first kappa shape index (κ1) is 21.2. The second-order valence-electron chi connectivity index (χ2n) is 9.19. The number of anilines is 1. The maximum atomic E-state index is 13.5. The fourth-order valence-electron chi connectivity index (χ4n) is 4.98. The summed E-state index contributed by atoms with van der Waals surface area (Å²) < 4.78 is 69.8. The van der Waals surface area contributed by atoms with Crippen molar-refractivity contribution in [1.82, 2.24) is 9.78 Å². The van der Waals surface area contributed by atoms with Gasteiger partial charge >= 0.3 is 6.36 Å². The Bertz CT molecular complexity index is 1050. The van der Waals surface area contributed by atoms with E-state index in [-0.39, 0.29) is 36.8 Å². The van der Waals surface area contributed by atoms with Crippen molar-refractivity contribution in [1.29, 1.82) is 0 Å². The third kappa shape index (κ3) is 3.53. The number of carbonyl (C=O) groups is 1. The molecule has 1 heterocycles. The van der Waals surface area contributed by atoms with Crippen molar-refractivity contribution in [3.8, 4) is 17.0 Å². The predicted molar refractivity (Wildman–Crippen MR) is 105 cm³/mol. The number of hydrogen-bond donors (Lipinski definition) is 1. The number of nitrogens with zero attached hydrogens (tertiary/aromatic N) is 2. The van der Waals surface area contributed by atoms with Crippen molar-refractivity contribution in [3.63, 3.8) is 0 Å². The number of ether oxygens (including phenoxy) is 1. The number of halogens is 5. The average Bonchev–Trinajstić information content (AvgIpc) is 3.07. The number of hydrogen-bond acceptors (Lipinski definition) is 3. The summed E-state index contributed by atoms with van der Waals surface area (Å²) in [6.45, 7) is 0. The van der Waals surface area contributed by atoms with Crippen molar-refractivity contribution in [3.05, 3.63) is 29.8 Å². The zero-order chi connectivity index (χ0) is 22.9. The zero-order valence-electron chi connectivity index (χ0n) is 17.3. The van der Waals surface area contributed by atoms with Gasteiger partial charge in [0.05, 0.1) is 5.69 Å². The molecule has 1 spiro atoms. The Labute approximate surface area is 180 Å². The zero-order valence-corrected chi connectivity index (χ0v) is 17.3. The molecule has 1 N–H and O–H groups in total. The highest BCUT2D eigenvalue weighted by atomic mass is 19.4. The number of alkyl halides is 5. The van der Waals surface area contributed by atoms with Gasteiger partial charge in [0, 0.05) is 35.9 Å². The SMILES string of the molecule is Cn1nc(NC(=O)C2CC3(C2)CC3(F)F)c(C2CCC2)c1-c1ccc(OC(F)(F)F)cc1. The van der Waals surface area contributed by atoms with Crippen LogP contribution in [0.2, 0.25) is 0 Å². The number of rotatable bonds is 5. The van der Waals surface area contributed by atoms with Gasteiger partial charge in [0.25, 0.3) is 5.92 Å². The van der Waals surface area contributed by atoms with E-state index in [1.54, 1.807) is 11.7 Å². The molecule has 5 nitrogen and oxygen atoms in total. The van der Waals surface area contributed by atoms with Gasteiger partial charge in [-0.05, 0) is 55.9 Å². The fourth-order valence-corrected chi connectivity index (χ4v) is 4.98. The van der Waals surface area contributed by atoms with Gasteiger partial charge in [0.15, 0.2) is 5.82 Å². The summed E-state index contributed by atoms with van der Waals surface area (Å²) in [6.07, 6.45) is -1.68. The molecule has 3 fully saturated rings. The van der Waals surface area contributed by atoms with Gasteiger partial charge in [-0.15, -0.1) is 13.2 Å². The molecular formula is C22H22F5N3O2. The third-order valence-corrected chi connectivity index (χ3v) is 7.06. The Balaban J connectivity index is 1.38. The molecule has 0 radical (unpaired) electrons. The van der Waals surface area contributed by atoms with E-state index >= 15 is 0 Å². The van der Waals surface area contributed by atoms with E-state index < -0.39 is 23.6 Å². The minimum atomic E-state index is -4.77. The first-order valence-corrected chi connectivity index (χ1v) is 10.6. The van der Waals surface area contributed by atoms with E-state index in [1.807, 2.05) is 0 Å². The molecule has 3 aliphatic rings. The quantitative estimate of drug-likeness (QED) is 0.595. The van der Waals surface area contributed by atoms with Gasteiger partial charge in [-0.25, -0.2) is 8.78 Å². The van der Waals surface area contributed by atoms with E-state index in [0.29, 0.717) is 17.1 Å². The molecule has 0 saturated heterocycles. The van der Waals surface area contributed by atoms with Crippen LogP contribution in [0.3, 0.4) is 0 Å². The van der Waals surface area contributed by atoms with Crippen molar-refractivity contribution in [2.24, 2.45) is 18.4 Å². The molecule has 0 bridgehead atoms. The van der Waals surface area contributed by atoms with Gasteiger partial charge in [-0.1, -0.05) is 6.42 Å². The number of nitrogens with one attached hydrogen (secondary N) is 1. The number of benzene rings is 1. The van der Waals surface area contributed by atoms with Gasteiger partial charge in [-0.2, -0.15) is 5.10 Å². The maximum Gasteiger partial charge on any atom is 0.573 e. The molecule has 2 aromatic rings. The lowest BCUT2D eigenvalue weighted by Crippen LogP contribution is -2.38. The molecule has 10 heteroatoms. The summed E-state index contributed by atoms with van der Waals surface area (Å²) in [5.41, 5.74) is 1.21. The van der Waals surface area contributed by atoms with Crippen molar-refractivity contribution in [2.45, 2.75) is 56.7 Å². The highest BCUT2D eigenvalue weighted by Gasteiger charge is 2.76. The predicted octanol–water partition coefficient (Wildman–Crippen LogP) is 5.63. The summed E-state index contributed by atoms with van der Waals surface area (Å²) in [7, 11) is 1.70. The average molecular weight is 455 g/mol. The second-order valence-corrected chi connectivity index (χ2v) is 9.19. The summed E-state index contributed by atoms with van der Waals surface area (Å²) >= 11 is 0. The van der Waals surface area contributed by atoms with Crippen molar-refractivity contribution >= 4 is 11.7 Å². The number of aryl methyl sites for hydroxylation is 1. The molecule has 3 saturated carbocycles. The summed E-state index contributed by atoms with van der Waals surface area (Å²) in [5, 5.41) is 7.30. The maximum absolute atomic E-state index is 13.5. The number of carbonyl (C=O) groups excluding carboxylic acids is 1. The first-order valence-electron chi connectivity index (χ1n) is 10.6. The lowest BCUT2D eigenvalue weighted by atomic mass is 9.71. The van der Waals surface area contributed by atoms with Crippen molar-refractivity contribution in [2.75, 3.05) is 5.32 Å². The molecule has 0 atom stereocenters. The van der Waals surface area contributed by atoms with E-state index in [2.05, 4.69) is 15.2 Å². The van der Waals surface area contributed by atoms with Crippen LogP contribution in [0.5, 0.6) is 5.75 Å². The van der Waals surface area contributed by atoms with Crippen LogP contribution in [0.1, 0.15) is 50.0 Å². The molecule has 1 amide bonds. The number of aromatic nitrogens is 2. The molecule has 0 aliphatic heterocycles. The molecule has 0 unspecified atom stereocenters. The first-order chi connectivity index (χ1) is 15.0. The lowest BCUT2D eigenvalue weighted by Gasteiger charge is -2.34. The standard InChI is InChI=1S/C22H22F5N3O2/c1-30-17(13-5-7-15(8-6-13)32-22(25,26)27)16(12-3-2-4-12)18(29-30)28-19(31)14-9-20(10-14)11-21(20,23)24/h5-8,12,14H,2-4,9-11H2,1H3,(H,28,29,31). The fraction of sp³-hybridized carbons (Fsp3) is 0.545. The van der Waals surface area contributed by atoms with Crippen LogP contribution in [-0.4, -0.2) is 28.0 Å². The lowest BCUT2D eigenvalue weighted by molar-refractivity contribution is -0.274. The molecule has 1 aromatic carbocycles. The minimum absolute atomic E-state index is 0.140. The van der Waals surface area contributed by atoms with Gasteiger partial charge in [0.1, 0.15) is 5.75 Å². The highest BCUT2D eigenvalue weighted by molar-refractivity contribution is 5.94. The summed E-state index contributed by atoms with van der Waals surface area (Å²) in [4.78, 5) is 12.7. The van der Waals surface area contributed by atoms with Crippen LogP contribution in [-0.2, 0) is 11.8 Å². The molecular weight excluding hydrogens is 433 g/mol. The second kappa shape index (κ2) is 6.92. The van der Waals surface area contributed by atoms with Crippen LogP contribution in [0, 0.1) is 11.3 Å². The Kier molecular flexibility index (Phi) is 4.59. The van der Waals surface area contributed by atoms with E-state index in [4.69, 9.17) is 0 Å². The van der Waals surface area contributed by atoms with E-state index in [9.17, 15) is 26.7 Å². The van der Waals surface area contributed by atoms with Gasteiger partial charge in [-0.3, -0.25) is 9.48 Å². The Morgan fingerprint density at radius 2 is 1.81 bits per heavy atom. The molecule has 3 aliphatic carbocycles. The largest absolute Gasteiger partial charge is 0.573 e. The molecule has 172 valence electrons. The van der Waals surface area contributed by atoms with Gasteiger partial charge in [0.2, 0.25) is 5.91 Å². The molecule has 5 rings (SSSR count). The van der Waals surface area contributed by atoms with E-state index in [0.717, 1.165) is 24.8 Å². The summed E-state index contributed by atoms with van der Waals surface area (Å²) in [6, 6.07) is 5.53. The monoisotopic (exact) mass is 455 g/mol. The normalized spacial score (nSPS) is 26.4. The minimum Gasteiger partial charge on any atom is -0.406 e. The van der Waals surface area contributed by atoms with Crippen LogP contribution in [0.15, 0.2) is 24.3 Å². The molecule has 32 heavy (non-hydrogen) atoms. The highest BCUT2D eigenvalue weighted by Crippen LogP contribution is 2.72. The number of amides is 1. The topological polar surface area (TPSA) is 56.2 Å². The molecule has 1 aromatic heterocycles. The van der Waals surface area contributed by atoms with Gasteiger partial charge < -0.3 is 10.1 Å². The Hall–Kier alpha value is -2.65. The van der Waals surface area contributed by atoms with Crippen molar-refractivity contribution < 1.29 is 31.5 Å². The van der Waals surface area contributed by atoms with Crippen LogP contribution < -0.4 is 10.1 Å². The van der Waals surface area contributed by atoms with Crippen LogP contribution in [0.25, 0.3) is 11.3 Å². The van der Waals surface area contributed by atoms with Crippen LogP contribution >= 0.6 is 0 Å². The van der Waals surface area contributed by atoms with Crippen LogP contribution in [0.4, 0.5) is 27.8 Å². The Morgan fingerprint density at radius 3 is 2.31 bits per heavy atom.